The van der Waals surface area contributed by atoms with Crippen LogP contribution < -0.4 is 20.7 Å². The molecule has 0 fully saturated rings. The fourth-order valence-corrected chi connectivity index (χ4v) is 3.67. The van der Waals surface area contributed by atoms with Crippen molar-refractivity contribution < 1.29 is 14.6 Å². The minimum Gasteiger partial charge on any atom is -0.486 e. The minimum atomic E-state index is -0.998. The van der Waals surface area contributed by atoms with Gasteiger partial charge in [0, 0.05) is 12.0 Å². The van der Waals surface area contributed by atoms with Crippen LogP contribution in [0.4, 0.5) is 17.1 Å². The first kappa shape index (κ1) is 16.8. The Balaban J connectivity index is 1.68. The van der Waals surface area contributed by atoms with E-state index < -0.39 is 11.6 Å². The van der Waals surface area contributed by atoms with Gasteiger partial charge in [-0.15, -0.1) is 0 Å². The van der Waals surface area contributed by atoms with E-state index in [0.717, 1.165) is 28.2 Å². The lowest BCUT2D eigenvalue weighted by molar-refractivity contribution is 0.0685. The molecule has 0 saturated heterocycles. The van der Waals surface area contributed by atoms with Gasteiger partial charge in [-0.3, -0.25) is 0 Å². The molecule has 4 rings (SSSR count). The molecule has 0 amide bonds. The Labute approximate surface area is 156 Å². The zero-order valence-electron chi connectivity index (χ0n) is 14.7. The number of rotatable bonds is 3. The first-order valence-electron chi connectivity index (χ1n) is 8.41. The first-order valence-corrected chi connectivity index (χ1v) is 8.79. The molecule has 2 heterocycles. The van der Waals surface area contributed by atoms with Crippen LogP contribution in [-0.4, -0.2) is 23.0 Å². The fourth-order valence-electron chi connectivity index (χ4n) is 3.49. The molecule has 0 saturated carbocycles. The van der Waals surface area contributed by atoms with Crippen molar-refractivity contribution in [1.29, 1.82) is 0 Å². The molecule has 6 nitrogen and oxygen atoms in total. The molecule has 0 aliphatic carbocycles. The number of ether oxygens (including phenoxy) is 1. The third-order valence-corrected chi connectivity index (χ3v) is 4.93. The predicted octanol–water partition coefficient (Wildman–Crippen LogP) is 4.29. The third kappa shape index (κ3) is 2.80. The number of nitrogens with one attached hydrogen (secondary N) is 3. The van der Waals surface area contributed by atoms with E-state index in [2.05, 4.69) is 16.0 Å². The van der Waals surface area contributed by atoms with E-state index in [1.807, 2.05) is 39.0 Å². The lowest BCUT2D eigenvalue weighted by atomic mass is 9.98. The lowest BCUT2D eigenvalue weighted by Gasteiger charge is -2.18. The van der Waals surface area contributed by atoms with Crippen molar-refractivity contribution in [3.8, 4) is 5.75 Å². The van der Waals surface area contributed by atoms with Gasteiger partial charge in [0.1, 0.15) is 16.9 Å². The lowest BCUT2D eigenvalue weighted by Crippen LogP contribution is -2.31. The maximum atomic E-state index is 11.7. The van der Waals surface area contributed by atoms with Gasteiger partial charge in [-0.25, -0.2) is 4.79 Å². The SMILES string of the molecule is Cc1ccc(Cl)c(NC2Nc3cc(C(=O)O)c4c(c3N2)CC(C)(C)O4)c1. The number of fused-ring (bicyclic) bond motifs is 3. The molecule has 0 spiro atoms. The van der Waals surface area contributed by atoms with Crippen LogP contribution in [-0.2, 0) is 6.42 Å². The molecular formula is C19H20ClN3O3. The maximum absolute atomic E-state index is 11.7. The number of aromatic carboxylic acids is 1. The van der Waals surface area contributed by atoms with E-state index in [1.165, 1.54) is 0 Å². The molecule has 1 atom stereocenters. The molecule has 0 bridgehead atoms. The van der Waals surface area contributed by atoms with Crippen LogP contribution >= 0.6 is 11.6 Å². The van der Waals surface area contributed by atoms with Crippen LogP contribution in [0.15, 0.2) is 24.3 Å². The summed E-state index contributed by atoms with van der Waals surface area (Å²) in [6.45, 7) is 5.91. The molecule has 1 unspecified atom stereocenters. The monoisotopic (exact) mass is 373 g/mol. The molecule has 136 valence electrons. The molecule has 0 aromatic heterocycles. The van der Waals surface area contributed by atoms with Gasteiger partial charge in [-0.05, 0) is 44.5 Å². The van der Waals surface area contributed by atoms with Crippen molar-refractivity contribution in [2.24, 2.45) is 0 Å². The van der Waals surface area contributed by atoms with Gasteiger partial charge in [0.2, 0.25) is 0 Å². The van der Waals surface area contributed by atoms with Crippen molar-refractivity contribution >= 4 is 34.6 Å². The van der Waals surface area contributed by atoms with Gasteiger partial charge in [0.25, 0.3) is 0 Å². The number of carboxylic acids is 1. The summed E-state index contributed by atoms with van der Waals surface area (Å²) in [7, 11) is 0. The van der Waals surface area contributed by atoms with Crippen LogP contribution in [0.25, 0.3) is 0 Å². The Kier molecular flexibility index (Phi) is 3.70. The number of aryl methyl sites for hydroxylation is 1. The molecule has 2 aromatic rings. The molecule has 0 radical (unpaired) electrons. The maximum Gasteiger partial charge on any atom is 0.339 e. The van der Waals surface area contributed by atoms with Gasteiger partial charge in [0.05, 0.1) is 22.1 Å². The van der Waals surface area contributed by atoms with Crippen LogP contribution in [0.2, 0.25) is 5.02 Å². The molecule has 4 N–H and O–H groups in total. The van der Waals surface area contributed by atoms with Crippen LogP contribution in [0, 0.1) is 6.92 Å². The molecule has 7 heteroatoms. The second-order valence-electron chi connectivity index (χ2n) is 7.35. The van der Waals surface area contributed by atoms with Crippen molar-refractivity contribution in [3.63, 3.8) is 0 Å². The van der Waals surface area contributed by atoms with Gasteiger partial charge < -0.3 is 25.8 Å². The van der Waals surface area contributed by atoms with Crippen LogP contribution in [0.5, 0.6) is 5.75 Å². The fraction of sp³-hybridized carbons (Fsp3) is 0.316. The number of carbonyl (C=O) groups is 1. The summed E-state index contributed by atoms with van der Waals surface area (Å²) in [5, 5.41) is 20.2. The Morgan fingerprint density at radius 1 is 1.35 bits per heavy atom. The normalized spacial score (nSPS) is 19.0. The highest BCUT2D eigenvalue weighted by Gasteiger charge is 2.39. The van der Waals surface area contributed by atoms with Crippen LogP contribution in [0.3, 0.4) is 0 Å². The highest BCUT2D eigenvalue weighted by molar-refractivity contribution is 6.33. The standard InChI is InChI=1S/C19H20ClN3O3/c1-9-4-5-12(20)13(6-9)21-18-22-14-7-10(17(24)25)16-11(15(14)23-18)8-19(2,3)26-16/h4-7,18,21-23H,8H2,1-3H3,(H,24,25). The number of halogens is 1. The second kappa shape index (κ2) is 5.71. The number of hydrogen-bond acceptors (Lipinski definition) is 5. The van der Waals surface area contributed by atoms with E-state index in [1.54, 1.807) is 6.07 Å². The second-order valence-corrected chi connectivity index (χ2v) is 7.75. The largest absolute Gasteiger partial charge is 0.486 e. The highest BCUT2D eigenvalue weighted by Crippen LogP contribution is 2.47. The zero-order chi connectivity index (χ0) is 18.6. The Bertz CT molecular complexity index is 927. The highest BCUT2D eigenvalue weighted by atomic mass is 35.5. The molecule has 2 aliphatic heterocycles. The van der Waals surface area contributed by atoms with E-state index in [4.69, 9.17) is 16.3 Å². The third-order valence-electron chi connectivity index (χ3n) is 4.60. The van der Waals surface area contributed by atoms with Crippen molar-refractivity contribution in [3.05, 3.63) is 46.0 Å². The Hall–Kier alpha value is -2.60. The summed E-state index contributed by atoms with van der Waals surface area (Å²) in [4.78, 5) is 11.7. The summed E-state index contributed by atoms with van der Waals surface area (Å²) in [5.74, 6) is -0.550. The summed E-state index contributed by atoms with van der Waals surface area (Å²) in [6, 6.07) is 7.37. The molecule has 26 heavy (non-hydrogen) atoms. The number of anilines is 3. The van der Waals surface area contributed by atoms with Gasteiger partial charge in [0.15, 0.2) is 6.29 Å². The van der Waals surface area contributed by atoms with E-state index in [-0.39, 0.29) is 11.9 Å². The number of carboxylic acid groups (broad SMARTS) is 1. The Morgan fingerprint density at radius 2 is 2.12 bits per heavy atom. The van der Waals surface area contributed by atoms with Crippen LogP contribution in [0.1, 0.15) is 35.3 Å². The average Bonchev–Trinajstić information content (AvgIpc) is 3.08. The number of hydrogen-bond donors (Lipinski definition) is 4. The van der Waals surface area contributed by atoms with Crippen molar-refractivity contribution in [2.75, 3.05) is 16.0 Å². The first-order chi connectivity index (χ1) is 12.2. The van der Waals surface area contributed by atoms with Gasteiger partial charge in [-0.2, -0.15) is 0 Å². The van der Waals surface area contributed by atoms with E-state index in [0.29, 0.717) is 17.2 Å². The quantitative estimate of drug-likeness (QED) is 0.642. The summed E-state index contributed by atoms with van der Waals surface area (Å²) in [6.07, 6.45) is 0.333. The zero-order valence-corrected chi connectivity index (χ0v) is 15.5. The smallest absolute Gasteiger partial charge is 0.339 e. The Morgan fingerprint density at radius 3 is 2.85 bits per heavy atom. The topological polar surface area (TPSA) is 82.6 Å². The van der Waals surface area contributed by atoms with E-state index >= 15 is 0 Å². The average molecular weight is 374 g/mol. The summed E-state index contributed by atoms with van der Waals surface area (Å²) in [5.41, 5.74) is 4.13. The summed E-state index contributed by atoms with van der Waals surface area (Å²) < 4.78 is 5.91. The van der Waals surface area contributed by atoms with Gasteiger partial charge in [-0.1, -0.05) is 17.7 Å². The molecule has 2 aromatic carbocycles. The molecular weight excluding hydrogens is 354 g/mol. The van der Waals surface area contributed by atoms with Gasteiger partial charge >= 0.3 is 5.97 Å². The summed E-state index contributed by atoms with van der Waals surface area (Å²) >= 11 is 6.27. The predicted molar refractivity (Wildman–Crippen MR) is 103 cm³/mol. The molecule has 2 aliphatic rings. The number of benzene rings is 2. The van der Waals surface area contributed by atoms with Crippen molar-refractivity contribution in [2.45, 2.75) is 39.1 Å². The van der Waals surface area contributed by atoms with Crippen molar-refractivity contribution in [1.82, 2.24) is 0 Å². The van der Waals surface area contributed by atoms with E-state index in [9.17, 15) is 9.90 Å². The minimum absolute atomic E-state index is 0.174.